The van der Waals surface area contributed by atoms with Gasteiger partial charge in [-0.3, -0.25) is 0 Å². The quantitative estimate of drug-likeness (QED) is 0.0428. The summed E-state index contributed by atoms with van der Waals surface area (Å²) in [5.41, 5.74) is 21.0. The molecule has 0 saturated heterocycles. The zero-order chi connectivity index (χ0) is 42.3. The van der Waals surface area contributed by atoms with Crippen LogP contribution in [-0.2, 0) is 0 Å². The van der Waals surface area contributed by atoms with Gasteiger partial charge in [0.1, 0.15) is 0 Å². The molecule has 12 N–H and O–H groups in total. The molecular weight excluding hydrogens is 703 g/mol. The molecule has 0 aliphatic rings. The first-order valence-corrected chi connectivity index (χ1v) is 20.8. The van der Waals surface area contributed by atoms with Gasteiger partial charge >= 0.3 is 0 Å². The number of nitrogens with zero attached hydrogens (tertiary/aromatic N) is 7. The van der Waals surface area contributed by atoms with Crippen molar-refractivity contribution in [2.75, 3.05) is 223 Å². The molecule has 0 atom stereocenters. The highest BCUT2D eigenvalue weighted by molar-refractivity contribution is 4.56. The zero-order valence-corrected chi connectivity index (χ0v) is 38.8. The Morgan fingerprint density at radius 1 is 0.304 bits per heavy atom. The molecule has 0 amide bonds. The van der Waals surface area contributed by atoms with Gasteiger partial charge in [0.25, 0.3) is 0 Å². The van der Waals surface area contributed by atoms with Crippen molar-refractivity contribution in [2.45, 2.75) is 53.4 Å². The standard InChI is InChI=1S/C11H27N3.C10H25N3.2C7H19N3.C4H13N3.2CH4/c1-12(2)8-6-10-14(5)11-7-9-13(3)4;1-12(2)9-5-7-11-8-6-10-13(3)4;1-8-4-5-9-6-7-10(2)3;1-10(6-2-4-8)7-3-5-9;5-1-3-7-4-2-6;;/h6-11H2,1-5H3;11H,5-10H2,1-4H3;8-9H,4-7H2,1-3H3;2-9H2,1H3;7H,1-6H2;2*1H4. The van der Waals surface area contributed by atoms with Crippen LogP contribution in [0.2, 0.25) is 0 Å². The zero-order valence-electron chi connectivity index (χ0n) is 38.8. The second-order valence-corrected chi connectivity index (χ2v) is 15.3. The largest absolute Gasteiger partial charge is 0.330 e. The second-order valence-electron chi connectivity index (χ2n) is 15.3. The van der Waals surface area contributed by atoms with Crippen LogP contribution in [0.4, 0.5) is 0 Å². The van der Waals surface area contributed by atoms with E-state index in [1.54, 1.807) is 0 Å². The number of nitrogens with two attached hydrogens (primary N) is 4. The highest BCUT2D eigenvalue weighted by Gasteiger charge is 1.99. The minimum absolute atomic E-state index is 0. The third kappa shape index (κ3) is 89.8. The van der Waals surface area contributed by atoms with Gasteiger partial charge in [0, 0.05) is 52.4 Å². The van der Waals surface area contributed by atoms with Crippen LogP contribution in [-0.4, -0.2) is 257 Å². The van der Waals surface area contributed by atoms with E-state index >= 15 is 0 Å². The van der Waals surface area contributed by atoms with E-state index in [4.69, 9.17) is 22.9 Å². The fraction of sp³-hybridized carbons (Fsp3) is 1.00. The van der Waals surface area contributed by atoms with Crippen LogP contribution in [0.15, 0.2) is 0 Å². The molecule has 0 radical (unpaired) electrons. The SMILES string of the molecule is C.C.CN(C)CCCN(C)CCCN(C)C.CN(C)CCCNCCCN(C)C.CN(CCCN)CCCN.CNCCNCCN(C)C.NCCNCCN. The molecule has 350 valence electrons. The predicted octanol–water partition coefficient (Wildman–Crippen LogP) is 0.0394. The average molecular weight is 814 g/mol. The normalized spacial score (nSPS) is 10.7. The molecule has 0 heterocycles. The van der Waals surface area contributed by atoms with Crippen LogP contribution in [0.1, 0.15) is 53.4 Å². The van der Waals surface area contributed by atoms with Crippen LogP contribution in [0.5, 0.6) is 0 Å². The van der Waals surface area contributed by atoms with Gasteiger partial charge in [0.15, 0.2) is 0 Å². The monoisotopic (exact) mass is 814 g/mol. The Morgan fingerprint density at radius 3 is 0.911 bits per heavy atom. The lowest BCUT2D eigenvalue weighted by molar-refractivity contribution is 0.281. The highest BCUT2D eigenvalue weighted by atomic mass is 15.1. The Hall–Kier alpha value is -0.600. The fourth-order valence-electron chi connectivity index (χ4n) is 4.40. The minimum atomic E-state index is 0. The Balaban J connectivity index is -0.000000108. The number of hydrogen-bond donors (Lipinski definition) is 8. The van der Waals surface area contributed by atoms with Crippen molar-refractivity contribution in [1.82, 2.24) is 55.6 Å². The van der Waals surface area contributed by atoms with Crippen LogP contribution in [0.3, 0.4) is 0 Å². The van der Waals surface area contributed by atoms with Crippen molar-refractivity contribution in [3.05, 3.63) is 0 Å². The fourth-order valence-corrected chi connectivity index (χ4v) is 4.40. The van der Waals surface area contributed by atoms with E-state index in [0.29, 0.717) is 13.1 Å². The van der Waals surface area contributed by atoms with Gasteiger partial charge in [-0.2, -0.15) is 0 Å². The van der Waals surface area contributed by atoms with Crippen LogP contribution < -0.4 is 44.2 Å². The summed E-state index contributed by atoms with van der Waals surface area (Å²) >= 11 is 0. The summed E-state index contributed by atoms with van der Waals surface area (Å²) in [6.07, 6.45) is 7.20. The molecule has 0 unspecified atom stereocenters. The van der Waals surface area contributed by atoms with E-state index in [-0.39, 0.29) is 14.9 Å². The van der Waals surface area contributed by atoms with Gasteiger partial charge in [0.2, 0.25) is 0 Å². The third-order valence-corrected chi connectivity index (χ3v) is 7.63. The summed E-state index contributed by atoms with van der Waals surface area (Å²) in [4.78, 5) is 15.8. The van der Waals surface area contributed by atoms with Gasteiger partial charge in [-0.05, 0) is 209 Å². The van der Waals surface area contributed by atoms with Crippen molar-refractivity contribution in [2.24, 2.45) is 22.9 Å². The molecule has 0 aromatic carbocycles. The summed E-state index contributed by atoms with van der Waals surface area (Å²) in [6, 6.07) is 0. The predicted molar refractivity (Wildman–Crippen MR) is 258 cm³/mol. The van der Waals surface area contributed by atoms with Gasteiger partial charge in [-0.15, -0.1) is 0 Å². The smallest absolute Gasteiger partial charge is 0.0101 e. The van der Waals surface area contributed by atoms with Crippen LogP contribution in [0, 0.1) is 0 Å². The Kier molecular flexibility index (Phi) is 76.3. The Labute approximate surface area is 353 Å². The first-order valence-electron chi connectivity index (χ1n) is 20.8. The molecule has 0 aliphatic carbocycles. The van der Waals surface area contributed by atoms with E-state index in [2.05, 4.69) is 140 Å². The molecule has 15 nitrogen and oxygen atoms in total. The lowest BCUT2D eigenvalue weighted by Gasteiger charge is -2.19. The number of hydrogen-bond acceptors (Lipinski definition) is 15. The number of rotatable bonds is 32. The summed E-state index contributed by atoms with van der Waals surface area (Å²) in [6.45, 7) is 20.7. The molecule has 0 rings (SSSR count). The van der Waals surface area contributed by atoms with Crippen molar-refractivity contribution in [3.63, 3.8) is 0 Å². The van der Waals surface area contributed by atoms with E-state index in [0.717, 1.165) is 91.4 Å². The van der Waals surface area contributed by atoms with Crippen LogP contribution in [0.25, 0.3) is 0 Å². The summed E-state index contributed by atoms with van der Waals surface area (Å²) in [5, 5.41) is 12.9. The Bertz CT molecular complexity index is 578. The number of likely N-dealkylation sites (N-methyl/N-ethyl adjacent to an activating group) is 2. The first kappa shape index (κ1) is 70.0. The molecule has 0 aromatic rings. The highest BCUT2D eigenvalue weighted by Crippen LogP contribution is 1.93. The maximum Gasteiger partial charge on any atom is 0.0101 e. The average Bonchev–Trinajstić information content (AvgIpc) is 3.10. The lowest BCUT2D eigenvalue weighted by atomic mass is 10.3. The van der Waals surface area contributed by atoms with E-state index in [9.17, 15) is 0 Å². The molecule has 15 heteroatoms. The van der Waals surface area contributed by atoms with Crippen molar-refractivity contribution in [3.8, 4) is 0 Å². The Morgan fingerprint density at radius 2 is 0.607 bits per heavy atom. The summed E-state index contributed by atoms with van der Waals surface area (Å²) in [7, 11) is 27.4. The van der Waals surface area contributed by atoms with E-state index < -0.39 is 0 Å². The first-order chi connectivity index (χ1) is 25.6. The molecule has 0 aliphatic heterocycles. The summed E-state index contributed by atoms with van der Waals surface area (Å²) in [5.74, 6) is 0. The van der Waals surface area contributed by atoms with Crippen molar-refractivity contribution >= 4 is 0 Å². The van der Waals surface area contributed by atoms with Gasteiger partial charge in [-0.25, -0.2) is 0 Å². The van der Waals surface area contributed by atoms with Gasteiger partial charge in [-0.1, -0.05) is 14.9 Å². The third-order valence-electron chi connectivity index (χ3n) is 7.63. The molecule has 0 aromatic heterocycles. The molecule has 0 saturated carbocycles. The van der Waals surface area contributed by atoms with Crippen LogP contribution >= 0.6 is 0 Å². The lowest BCUT2D eigenvalue weighted by Crippen LogP contribution is -2.31. The maximum absolute atomic E-state index is 5.35. The van der Waals surface area contributed by atoms with E-state index in [1.165, 1.54) is 65.0 Å². The number of nitrogens with one attached hydrogen (secondary N) is 4. The van der Waals surface area contributed by atoms with Gasteiger partial charge in [0.05, 0.1) is 0 Å². The van der Waals surface area contributed by atoms with Crippen molar-refractivity contribution < 1.29 is 0 Å². The molecule has 0 fully saturated rings. The van der Waals surface area contributed by atoms with E-state index in [1.807, 2.05) is 7.05 Å². The van der Waals surface area contributed by atoms with Crippen molar-refractivity contribution in [1.29, 1.82) is 0 Å². The molecular formula is C41H111N15. The summed E-state index contributed by atoms with van der Waals surface area (Å²) < 4.78 is 0. The molecule has 56 heavy (non-hydrogen) atoms. The van der Waals surface area contributed by atoms with Gasteiger partial charge < -0.3 is 78.5 Å². The second kappa shape index (κ2) is 61.1. The minimum Gasteiger partial charge on any atom is -0.330 e. The maximum atomic E-state index is 5.35. The topological polar surface area (TPSA) is 175 Å². The molecule has 0 spiro atoms. The molecule has 0 bridgehead atoms.